The van der Waals surface area contributed by atoms with E-state index >= 15 is 0 Å². The number of hydrogen-bond acceptors (Lipinski definition) is 4. The van der Waals surface area contributed by atoms with Gasteiger partial charge in [0.25, 0.3) is 0 Å². The molecular formula is C18H18N4O2. The summed E-state index contributed by atoms with van der Waals surface area (Å²) in [5.74, 6) is 0.514. The SMILES string of the molecule is Cc1cccc([C@H]2CCCN2c2nc3ccccn3c2[N+](=O)[O-])c1. The third kappa shape index (κ3) is 2.31. The Morgan fingerprint density at radius 3 is 2.92 bits per heavy atom. The van der Waals surface area contributed by atoms with Gasteiger partial charge >= 0.3 is 5.82 Å². The van der Waals surface area contributed by atoms with Crippen molar-refractivity contribution in [2.24, 2.45) is 0 Å². The van der Waals surface area contributed by atoms with Gasteiger partial charge in [0.15, 0.2) is 0 Å². The molecule has 2 aromatic heterocycles. The van der Waals surface area contributed by atoms with Crippen molar-refractivity contribution in [3.05, 3.63) is 69.9 Å². The largest absolute Gasteiger partial charge is 0.372 e. The molecule has 1 atom stereocenters. The predicted octanol–water partition coefficient (Wildman–Crippen LogP) is 3.89. The molecule has 0 N–H and O–H groups in total. The predicted molar refractivity (Wildman–Crippen MR) is 92.3 cm³/mol. The first-order chi connectivity index (χ1) is 11.6. The van der Waals surface area contributed by atoms with E-state index in [1.807, 2.05) is 12.1 Å². The lowest BCUT2D eigenvalue weighted by Crippen LogP contribution is -2.23. The first-order valence-corrected chi connectivity index (χ1v) is 8.10. The number of nitrogens with zero attached hydrogens (tertiary/aromatic N) is 4. The van der Waals surface area contributed by atoms with Crippen molar-refractivity contribution in [3.63, 3.8) is 0 Å². The molecule has 0 amide bonds. The number of anilines is 1. The van der Waals surface area contributed by atoms with Crippen LogP contribution in [0, 0.1) is 17.0 Å². The number of hydrogen-bond donors (Lipinski definition) is 0. The molecule has 0 unspecified atom stereocenters. The van der Waals surface area contributed by atoms with Crippen LogP contribution in [0.15, 0.2) is 48.7 Å². The van der Waals surface area contributed by atoms with Crippen LogP contribution in [0.25, 0.3) is 5.65 Å². The third-order valence-electron chi connectivity index (χ3n) is 4.61. The second-order valence-corrected chi connectivity index (χ2v) is 6.21. The number of imidazole rings is 1. The fraction of sp³-hybridized carbons (Fsp3) is 0.278. The summed E-state index contributed by atoms with van der Waals surface area (Å²) < 4.78 is 1.56. The molecule has 3 aromatic rings. The zero-order chi connectivity index (χ0) is 16.7. The number of rotatable bonds is 3. The molecule has 6 heteroatoms. The van der Waals surface area contributed by atoms with Crippen LogP contribution in [-0.4, -0.2) is 20.9 Å². The van der Waals surface area contributed by atoms with Crippen molar-refractivity contribution in [2.45, 2.75) is 25.8 Å². The van der Waals surface area contributed by atoms with E-state index in [-0.39, 0.29) is 16.8 Å². The van der Waals surface area contributed by atoms with E-state index in [4.69, 9.17) is 0 Å². The molecular weight excluding hydrogens is 304 g/mol. The highest BCUT2D eigenvalue weighted by atomic mass is 16.6. The maximum absolute atomic E-state index is 11.7. The summed E-state index contributed by atoms with van der Waals surface area (Å²) in [6, 6.07) is 13.9. The minimum atomic E-state index is -0.332. The van der Waals surface area contributed by atoms with Crippen molar-refractivity contribution in [2.75, 3.05) is 11.4 Å². The van der Waals surface area contributed by atoms with Crippen LogP contribution in [0.3, 0.4) is 0 Å². The highest BCUT2D eigenvalue weighted by Crippen LogP contribution is 2.40. The molecule has 1 aliphatic heterocycles. The summed E-state index contributed by atoms with van der Waals surface area (Å²) in [7, 11) is 0. The molecule has 1 aromatic carbocycles. The molecule has 3 heterocycles. The summed E-state index contributed by atoms with van der Waals surface area (Å²) in [6.45, 7) is 2.85. The molecule has 1 saturated heterocycles. The average Bonchev–Trinajstić information content (AvgIpc) is 3.19. The molecule has 0 bridgehead atoms. The summed E-state index contributed by atoms with van der Waals surface area (Å²) in [5, 5.41) is 11.7. The van der Waals surface area contributed by atoms with Crippen molar-refractivity contribution >= 4 is 17.3 Å². The van der Waals surface area contributed by atoms with Gasteiger partial charge in [-0.3, -0.25) is 0 Å². The van der Waals surface area contributed by atoms with Crippen LogP contribution >= 0.6 is 0 Å². The Kier molecular flexibility index (Phi) is 3.45. The maximum atomic E-state index is 11.7. The van der Waals surface area contributed by atoms with Gasteiger partial charge in [0.2, 0.25) is 11.5 Å². The lowest BCUT2D eigenvalue weighted by Gasteiger charge is -2.24. The van der Waals surface area contributed by atoms with E-state index in [1.165, 1.54) is 11.1 Å². The fourth-order valence-electron chi connectivity index (χ4n) is 3.58. The van der Waals surface area contributed by atoms with Gasteiger partial charge in [-0.2, -0.15) is 9.38 Å². The Labute approximate surface area is 139 Å². The van der Waals surface area contributed by atoms with E-state index in [1.54, 1.807) is 22.7 Å². The molecule has 1 fully saturated rings. The molecule has 0 saturated carbocycles. The van der Waals surface area contributed by atoms with Gasteiger partial charge in [0.1, 0.15) is 0 Å². The first-order valence-electron chi connectivity index (χ1n) is 8.10. The Morgan fingerprint density at radius 1 is 1.25 bits per heavy atom. The lowest BCUT2D eigenvalue weighted by atomic mass is 10.0. The fourth-order valence-corrected chi connectivity index (χ4v) is 3.58. The van der Waals surface area contributed by atoms with Gasteiger partial charge < -0.3 is 15.0 Å². The standard InChI is InChI=1S/C18H18N4O2/c1-13-6-4-7-14(12-13)15-8-5-11-20(15)17-18(22(23)24)21-10-3-2-9-16(21)19-17/h2-4,6-7,9-10,12,15H,5,8,11H2,1H3/t15-/m1/s1. The smallest absolute Gasteiger partial charge is 0.358 e. The minimum absolute atomic E-state index is 0.0464. The van der Waals surface area contributed by atoms with E-state index in [0.717, 1.165) is 19.4 Å². The zero-order valence-electron chi connectivity index (χ0n) is 13.4. The van der Waals surface area contributed by atoms with Crippen LogP contribution in [0.4, 0.5) is 11.6 Å². The molecule has 0 aliphatic carbocycles. The van der Waals surface area contributed by atoms with Gasteiger partial charge in [-0.25, -0.2) is 0 Å². The lowest BCUT2D eigenvalue weighted by molar-refractivity contribution is -0.389. The first kappa shape index (κ1) is 14.7. The minimum Gasteiger partial charge on any atom is -0.358 e. The third-order valence-corrected chi connectivity index (χ3v) is 4.61. The number of benzene rings is 1. The number of pyridine rings is 1. The van der Waals surface area contributed by atoms with E-state index in [0.29, 0.717) is 11.5 Å². The normalized spacial score (nSPS) is 17.5. The van der Waals surface area contributed by atoms with Crippen molar-refractivity contribution < 1.29 is 4.92 Å². The van der Waals surface area contributed by atoms with Crippen molar-refractivity contribution in [1.29, 1.82) is 0 Å². The quantitative estimate of drug-likeness (QED) is 0.542. The Balaban J connectivity index is 1.84. The van der Waals surface area contributed by atoms with Gasteiger partial charge in [-0.15, -0.1) is 0 Å². The molecule has 122 valence electrons. The summed E-state index contributed by atoms with van der Waals surface area (Å²) in [4.78, 5) is 18.0. The van der Waals surface area contributed by atoms with Crippen molar-refractivity contribution in [1.82, 2.24) is 9.38 Å². The average molecular weight is 322 g/mol. The van der Waals surface area contributed by atoms with Crippen LogP contribution in [0.1, 0.15) is 30.0 Å². The number of fused-ring (bicyclic) bond motifs is 1. The zero-order valence-corrected chi connectivity index (χ0v) is 13.4. The molecule has 1 aliphatic rings. The van der Waals surface area contributed by atoms with Gasteiger partial charge in [0.05, 0.1) is 12.2 Å². The van der Waals surface area contributed by atoms with Crippen LogP contribution in [0.5, 0.6) is 0 Å². The van der Waals surface area contributed by atoms with Gasteiger partial charge in [0, 0.05) is 12.6 Å². The second-order valence-electron chi connectivity index (χ2n) is 6.21. The Hall–Kier alpha value is -2.89. The van der Waals surface area contributed by atoms with Gasteiger partial charge in [-0.05, 0) is 36.3 Å². The van der Waals surface area contributed by atoms with Crippen LogP contribution in [-0.2, 0) is 0 Å². The van der Waals surface area contributed by atoms with Crippen LogP contribution in [0.2, 0.25) is 0 Å². The number of aryl methyl sites for hydroxylation is 1. The number of aromatic nitrogens is 2. The van der Waals surface area contributed by atoms with E-state index in [9.17, 15) is 10.1 Å². The van der Waals surface area contributed by atoms with Gasteiger partial charge in [-0.1, -0.05) is 35.9 Å². The highest BCUT2D eigenvalue weighted by molar-refractivity contribution is 5.65. The summed E-state index contributed by atoms with van der Waals surface area (Å²) in [5.41, 5.74) is 3.00. The maximum Gasteiger partial charge on any atom is 0.372 e. The second kappa shape index (κ2) is 5.63. The molecule has 4 rings (SSSR count). The van der Waals surface area contributed by atoms with E-state index in [2.05, 4.69) is 35.0 Å². The topological polar surface area (TPSA) is 63.7 Å². The molecule has 6 nitrogen and oxygen atoms in total. The highest BCUT2D eigenvalue weighted by Gasteiger charge is 2.34. The molecule has 0 radical (unpaired) electrons. The molecule has 0 spiro atoms. The monoisotopic (exact) mass is 322 g/mol. The number of nitro groups is 1. The van der Waals surface area contributed by atoms with Crippen LogP contribution < -0.4 is 4.90 Å². The van der Waals surface area contributed by atoms with E-state index < -0.39 is 0 Å². The summed E-state index contributed by atoms with van der Waals surface area (Å²) in [6.07, 6.45) is 3.68. The Morgan fingerprint density at radius 2 is 2.12 bits per heavy atom. The summed E-state index contributed by atoms with van der Waals surface area (Å²) >= 11 is 0. The molecule has 24 heavy (non-hydrogen) atoms. The van der Waals surface area contributed by atoms with Crippen molar-refractivity contribution in [3.8, 4) is 0 Å². The Bertz CT molecular complexity index is 918.